The van der Waals surface area contributed by atoms with Crippen LogP contribution in [0.3, 0.4) is 0 Å². The molecule has 9 nitrogen and oxygen atoms in total. The second-order valence-corrected chi connectivity index (χ2v) is 7.57. The lowest BCUT2D eigenvalue weighted by atomic mass is 10.3. The van der Waals surface area contributed by atoms with Crippen LogP contribution in [0.25, 0.3) is 5.69 Å². The minimum absolute atomic E-state index is 0.0131. The Morgan fingerprint density at radius 2 is 1.90 bits per heavy atom. The number of thioether (sulfide) groups is 1. The molecule has 2 aromatic carbocycles. The number of non-ortho nitro benzene ring substituents is 1. The Bertz CT molecular complexity index is 992. The number of morpholine rings is 1. The Labute approximate surface area is 177 Å². The number of nitro groups is 1. The summed E-state index contributed by atoms with van der Waals surface area (Å²) >= 11 is 1.53. The van der Waals surface area contributed by atoms with Crippen LogP contribution in [-0.2, 0) is 4.74 Å². The minimum atomic E-state index is -0.433. The summed E-state index contributed by atoms with van der Waals surface area (Å²) in [6, 6.07) is 16.2. The second kappa shape index (κ2) is 9.59. The van der Waals surface area contributed by atoms with Gasteiger partial charge in [-0.05, 0) is 18.2 Å². The summed E-state index contributed by atoms with van der Waals surface area (Å²) in [5, 5.41) is 20.5. The number of nitrogens with zero attached hydrogens (tertiary/aromatic N) is 5. The first-order chi connectivity index (χ1) is 14.7. The van der Waals surface area contributed by atoms with Crippen LogP contribution >= 0.6 is 11.8 Å². The number of anilines is 1. The molecule has 0 saturated carbocycles. The fourth-order valence-corrected chi connectivity index (χ4v) is 3.87. The first kappa shape index (κ1) is 20.2. The highest BCUT2D eigenvalue weighted by Crippen LogP contribution is 2.27. The van der Waals surface area contributed by atoms with E-state index in [0.717, 1.165) is 29.9 Å². The van der Waals surface area contributed by atoms with Crippen molar-refractivity contribution in [2.45, 2.75) is 5.16 Å². The van der Waals surface area contributed by atoms with Crippen molar-refractivity contribution in [3.63, 3.8) is 0 Å². The van der Waals surface area contributed by atoms with Crippen molar-refractivity contribution in [3.05, 3.63) is 64.7 Å². The van der Waals surface area contributed by atoms with E-state index in [-0.39, 0.29) is 5.69 Å². The smallest absolute Gasteiger partial charge is 0.273 e. The third kappa shape index (κ3) is 4.71. The quantitative estimate of drug-likeness (QED) is 0.234. The van der Waals surface area contributed by atoms with Gasteiger partial charge in [0.1, 0.15) is 5.75 Å². The maximum Gasteiger partial charge on any atom is 0.273 e. The van der Waals surface area contributed by atoms with E-state index in [1.54, 1.807) is 12.1 Å². The second-order valence-electron chi connectivity index (χ2n) is 6.50. The predicted molar refractivity (Wildman–Crippen MR) is 114 cm³/mol. The third-order valence-electron chi connectivity index (χ3n) is 4.54. The van der Waals surface area contributed by atoms with Gasteiger partial charge in [-0.25, -0.2) is 0 Å². The molecule has 3 aromatic rings. The molecule has 0 spiro atoms. The fourth-order valence-electron chi connectivity index (χ4n) is 3.11. The van der Waals surface area contributed by atoms with Gasteiger partial charge in [0.25, 0.3) is 5.69 Å². The van der Waals surface area contributed by atoms with Gasteiger partial charge in [-0.3, -0.25) is 14.7 Å². The molecule has 10 heteroatoms. The van der Waals surface area contributed by atoms with E-state index < -0.39 is 4.92 Å². The van der Waals surface area contributed by atoms with Gasteiger partial charge in [-0.1, -0.05) is 36.0 Å². The summed E-state index contributed by atoms with van der Waals surface area (Å²) in [6.45, 7) is 3.26. The van der Waals surface area contributed by atoms with Crippen LogP contribution in [-0.4, -0.2) is 58.4 Å². The number of hydrogen-bond acceptors (Lipinski definition) is 8. The van der Waals surface area contributed by atoms with Crippen LogP contribution in [0, 0.1) is 10.1 Å². The van der Waals surface area contributed by atoms with Crippen LogP contribution < -0.4 is 9.64 Å². The van der Waals surface area contributed by atoms with E-state index in [9.17, 15) is 10.1 Å². The summed E-state index contributed by atoms with van der Waals surface area (Å²) < 4.78 is 13.2. The minimum Gasteiger partial charge on any atom is -0.492 e. The fraction of sp³-hybridized carbons (Fsp3) is 0.300. The summed E-state index contributed by atoms with van der Waals surface area (Å²) in [6.07, 6.45) is 0. The van der Waals surface area contributed by atoms with E-state index in [2.05, 4.69) is 15.1 Å². The Hall–Kier alpha value is -3.11. The highest BCUT2D eigenvalue weighted by Gasteiger charge is 2.21. The zero-order valence-electron chi connectivity index (χ0n) is 16.2. The molecular weight excluding hydrogens is 406 g/mol. The van der Waals surface area contributed by atoms with Crippen molar-refractivity contribution < 1.29 is 14.4 Å². The molecule has 0 radical (unpaired) electrons. The highest BCUT2D eigenvalue weighted by molar-refractivity contribution is 7.99. The van der Waals surface area contributed by atoms with Crippen LogP contribution in [0.15, 0.2) is 59.8 Å². The number of para-hydroxylation sites is 1. The number of aromatic nitrogens is 3. The molecule has 1 aliphatic heterocycles. The van der Waals surface area contributed by atoms with Crippen molar-refractivity contribution in [1.29, 1.82) is 0 Å². The average Bonchev–Trinajstić information content (AvgIpc) is 3.22. The molecule has 1 aromatic heterocycles. The zero-order valence-corrected chi connectivity index (χ0v) is 17.0. The highest BCUT2D eigenvalue weighted by atomic mass is 32.2. The van der Waals surface area contributed by atoms with Crippen LogP contribution in [0.1, 0.15) is 0 Å². The van der Waals surface area contributed by atoms with Gasteiger partial charge in [0.15, 0.2) is 5.16 Å². The number of hydrogen-bond donors (Lipinski definition) is 0. The molecule has 0 unspecified atom stereocenters. The standard InChI is InChI=1S/C20H21N5O4S/c26-25(27)17-7-4-8-18(15-17)29-13-14-30-20-22-21-19(23-9-11-28-12-10-23)24(20)16-5-2-1-3-6-16/h1-8,15H,9-14H2. The van der Waals surface area contributed by atoms with E-state index in [1.807, 2.05) is 34.9 Å². The third-order valence-corrected chi connectivity index (χ3v) is 5.43. The summed E-state index contributed by atoms with van der Waals surface area (Å²) in [5.41, 5.74) is 1.00. The van der Waals surface area contributed by atoms with E-state index in [0.29, 0.717) is 31.3 Å². The van der Waals surface area contributed by atoms with Gasteiger partial charge in [0.2, 0.25) is 5.95 Å². The molecule has 4 rings (SSSR count). The molecule has 30 heavy (non-hydrogen) atoms. The SMILES string of the molecule is O=[N+]([O-])c1cccc(OCCSc2nnc(N3CCOCC3)n2-c2ccccc2)c1. The topological polar surface area (TPSA) is 95.6 Å². The molecule has 0 atom stereocenters. The Morgan fingerprint density at radius 3 is 2.67 bits per heavy atom. The first-order valence-corrected chi connectivity index (χ1v) is 10.5. The summed E-state index contributed by atoms with van der Waals surface area (Å²) in [5.74, 6) is 1.89. The van der Waals surface area contributed by atoms with E-state index >= 15 is 0 Å². The van der Waals surface area contributed by atoms with Gasteiger partial charge >= 0.3 is 0 Å². The van der Waals surface area contributed by atoms with Crippen LogP contribution in [0.5, 0.6) is 5.75 Å². The molecule has 1 saturated heterocycles. The normalized spacial score (nSPS) is 13.9. The van der Waals surface area contributed by atoms with Gasteiger partial charge in [0, 0.05) is 24.9 Å². The molecule has 2 heterocycles. The summed E-state index contributed by atoms with van der Waals surface area (Å²) in [4.78, 5) is 12.6. The van der Waals surface area contributed by atoms with Crippen molar-refractivity contribution in [1.82, 2.24) is 14.8 Å². The van der Waals surface area contributed by atoms with Crippen LogP contribution in [0.2, 0.25) is 0 Å². The van der Waals surface area contributed by atoms with E-state index in [1.165, 1.54) is 23.9 Å². The Morgan fingerprint density at radius 1 is 1.10 bits per heavy atom. The number of rotatable bonds is 8. The summed E-state index contributed by atoms with van der Waals surface area (Å²) in [7, 11) is 0. The monoisotopic (exact) mass is 427 g/mol. The first-order valence-electron chi connectivity index (χ1n) is 9.56. The molecular formula is C20H21N5O4S. The molecule has 0 amide bonds. The van der Waals surface area contributed by atoms with Gasteiger partial charge in [0.05, 0.1) is 36.5 Å². The average molecular weight is 427 g/mol. The lowest BCUT2D eigenvalue weighted by Gasteiger charge is -2.27. The Kier molecular flexibility index (Phi) is 6.45. The molecule has 0 N–H and O–H groups in total. The van der Waals surface area contributed by atoms with E-state index in [4.69, 9.17) is 9.47 Å². The lowest BCUT2D eigenvalue weighted by Crippen LogP contribution is -2.37. The molecule has 0 bridgehead atoms. The lowest BCUT2D eigenvalue weighted by molar-refractivity contribution is -0.384. The zero-order chi connectivity index (χ0) is 20.8. The molecule has 156 valence electrons. The number of nitro benzene ring substituents is 1. The number of ether oxygens (including phenoxy) is 2. The van der Waals surface area contributed by atoms with Crippen molar-refractivity contribution >= 4 is 23.4 Å². The maximum absolute atomic E-state index is 10.9. The maximum atomic E-state index is 10.9. The molecule has 1 fully saturated rings. The van der Waals surface area contributed by atoms with Crippen molar-refractivity contribution in [3.8, 4) is 11.4 Å². The van der Waals surface area contributed by atoms with Gasteiger partial charge < -0.3 is 14.4 Å². The predicted octanol–water partition coefficient (Wildman–Crippen LogP) is 3.18. The van der Waals surface area contributed by atoms with Gasteiger partial charge in [-0.15, -0.1) is 10.2 Å². The molecule has 0 aliphatic carbocycles. The largest absolute Gasteiger partial charge is 0.492 e. The van der Waals surface area contributed by atoms with Crippen molar-refractivity contribution in [2.24, 2.45) is 0 Å². The Balaban J connectivity index is 1.45. The molecule has 1 aliphatic rings. The van der Waals surface area contributed by atoms with Crippen molar-refractivity contribution in [2.75, 3.05) is 43.6 Å². The van der Waals surface area contributed by atoms with Crippen LogP contribution in [0.4, 0.5) is 11.6 Å². The van der Waals surface area contributed by atoms with Gasteiger partial charge in [-0.2, -0.15) is 0 Å². The number of benzene rings is 2.